The molecule has 1 aromatic rings. The van der Waals surface area contributed by atoms with E-state index < -0.39 is 0 Å². The number of nitrogens with one attached hydrogen (secondary N) is 1. The number of rotatable bonds is 5. The second-order valence-electron chi connectivity index (χ2n) is 4.22. The number of ketones is 1. The Balaban J connectivity index is 1.93. The normalized spacial score (nSPS) is 18.5. The molecule has 0 spiro atoms. The molecule has 1 fully saturated rings. The van der Waals surface area contributed by atoms with Crippen molar-refractivity contribution in [1.29, 1.82) is 0 Å². The van der Waals surface area contributed by atoms with E-state index in [0.29, 0.717) is 12.2 Å². The summed E-state index contributed by atoms with van der Waals surface area (Å²) in [4.78, 5) is 34.4. The molecule has 1 saturated heterocycles. The van der Waals surface area contributed by atoms with E-state index in [1.165, 1.54) is 11.8 Å². The van der Waals surface area contributed by atoms with Gasteiger partial charge >= 0.3 is 0 Å². The zero-order valence-corrected chi connectivity index (χ0v) is 12.0. The lowest BCUT2D eigenvalue weighted by atomic mass is 10.1. The SMILES string of the molecule is CC(=O)CSc1ccc(CC2SC(=O)NC2=O)cc1. The predicted octanol–water partition coefficient (Wildman–Crippen LogP) is 2.26. The molecule has 2 amide bonds. The summed E-state index contributed by atoms with van der Waals surface area (Å²) in [5.41, 5.74) is 1.01. The molecular formula is C13H13NO3S2. The molecule has 1 unspecified atom stereocenters. The van der Waals surface area contributed by atoms with Gasteiger partial charge in [0, 0.05) is 4.90 Å². The van der Waals surface area contributed by atoms with Gasteiger partial charge in [0.2, 0.25) is 5.91 Å². The standard InChI is InChI=1S/C13H13NO3S2/c1-8(15)7-18-10-4-2-9(3-5-10)6-11-12(16)14-13(17)19-11/h2-5,11H,6-7H2,1H3,(H,14,16,17). The number of carbonyl (C=O) groups excluding carboxylic acids is 3. The van der Waals surface area contributed by atoms with Crippen molar-refractivity contribution in [3.63, 3.8) is 0 Å². The van der Waals surface area contributed by atoms with Crippen LogP contribution in [-0.4, -0.2) is 27.9 Å². The van der Waals surface area contributed by atoms with Gasteiger partial charge in [-0.25, -0.2) is 0 Å². The Kier molecular flexibility index (Phi) is 4.66. The van der Waals surface area contributed by atoms with Crippen molar-refractivity contribution in [3.8, 4) is 0 Å². The molecule has 19 heavy (non-hydrogen) atoms. The highest BCUT2D eigenvalue weighted by molar-refractivity contribution is 8.15. The summed E-state index contributed by atoms with van der Waals surface area (Å²) in [5.74, 6) is 0.394. The van der Waals surface area contributed by atoms with Crippen LogP contribution in [0.4, 0.5) is 4.79 Å². The monoisotopic (exact) mass is 295 g/mol. The lowest BCUT2D eigenvalue weighted by molar-refractivity contribution is -0.119. The molecule has 1 N–H and O–H groups in total. The Hall–Kier alpha value is -1.27. The molecule has 0 aromatic heterocycles. The van der Waals surface area contributed by atoms with Gasteiger partial charge in [-0.15, -0.1) is 11.8 Å². The van der Waals surface area contributed by atoms with Gasteiger partial charge in [-0.1, -0.05) is 23.9 Å². The van der Waals surface area contributed by atoms with Crippen LogP contribution in [0, 0.1) is 0 Å². The van der Waals surface area contributed by atoms with E-state index in [1.54, 1.807) is 6.92 Å². The van der Waals surface area contributed by atoms with Crippen LogP contribution in [-0.2, 0) is 16.0 Å². The summed E-state index contributed by atoms with van der Waals surface area (Å²) >= 11 is 2.53. The fourth-order valence-electron chi connectivity index (χ4n) is 1.65. The van der Waals surface area contributed by atoms with E-state index >= 15 is 0 Å². The lowest BCUT2D eigenvalue weighted by Gasteiger charge is -2.06. The van der Waals surface area contributed by atoms with Crippen LogP contribution in [0.5, 0.6) is 0 Å². The first-order valence-corrected chi connectivity index (χ1v) is 7.64. The van der Waals surface area contributed by atoms with Gasteiger partial charge in [0.25, 0.3) is 5.24 Å². The van der Waals surface area contributed by atoms with Crippen molar-refractivity contribution < 1.29 is 14.4 Å². The largest absolute Gasteiger partial charge is 0.299 e. The Labute approximate surface area is 119 Å². The van der Waals surface area contributed by atoms with Gasteiger partial charge in [-0.3, -0.25) is 19.7 Å². The van der Waals surface area contributed by atoms with E-state index in [2.05, 4.69) is 5.32 Å². The van der Waals surface area contributed by atoms with Crippen LogP contribution in [0.3, 0.4) is 0 Å². The third-order valence-corrected chi connectivity index (χ3v) is 4.69. The molecule has 1 aliphatic heterocycles. The van der Waals surface area contributed by atoms with Gasteiger partial charge < -0.3 is 0 Å². The molecule has 100 valence electrons. The molecule has 1 aliphatic rings. The summed E-state index contributed by atoms with van der Waals surface area (Å²) < 4.78 is 0. The molecule has 1 atom stereocenters. The number of imide groups is 1. The molecular weight excluding hydrogens is 282 g/mol. The quantitative estimate of drug-likeness (QED) is 0.844. The molecule has 0 bridgehead atoms. The average Bonchev–Trinajstić information content (AvgIpc) is 2.67. The molecule has 4 nitrogen and oxygen atoms in total. The average molecular weight is 295 g/mol. The summed E-state index contributed by atoms with van der Waals surface area (Å²) in [5, 5.41) is 1.67. The number of Topliss-reactive ketones (excluding diaryl/α,β-unsaturated/α-hetero) is 1. The lowest BCUT2D eigenvalue weighted by Crippen LogP contribution is -2.25. The maximum Gasteiger partial charge on any atom is 0.286 e. The molecule has 6 heteroatoms. The highest BCUT2D eigenvalue weighted by atomic mass is 32.2. The van der Waals surface area contributed by atoms with Gasteiger partial charge in [-0.05, 0) is 31.0 Å². The first-order valence-electron chi connectivity index (χ1n) is 5.77. The second-order valence-corrected chi connectivity index (χ2v) is 6.45. The van der Waals surface area contributed by atoms with E-state index in [9.17, 15) is 14.4 Å². The molecule has 1 heterocycles. The van der Waals surface area contributed by atoms with Crippen molar-refractivity contribution in [2.75, 3.05) is 5.75 Å². The Morgan fingerprint density at radius 1 is 1.32 bits per heavy atom. The molecule has 2 rings (SSSR count). The first-order chi connectivity index (χ1) is 9.04. The summed E-state index contributed by atoms with van der Waals surface area (Å²) in [6.07, 6.45) is 0.542. The second kappa shape index (κ2) is 6.25. The van der Waals surface area contributed by atoms with E-state index in [0.717, 1.165) is 22.2 Å². The van der Waals surface area contributed by atoms with Crippen molar-refractivity contribution in [1.82, 2.24) is 5.32 Å². The number of hydrogen-bond donors (Lipinski definition) is 1. The van der Waals surface area contributed by atoms with Crippen LogP contribution in [0.1, 0.15) is 12.5 Å². The smallest absolute Gasteiger partial charge is 0.286 e. The number of amides is 2. The molecule has 0 radical (unpaired) electrons. The van der Waals surface area contributed by atoms with Gasteiger partial charge in [-0.2, -0.15) is 0 Å². The van der Waals surface area contributed by atoms with Crippen molar-refractivity contribution in [3.05, 3.63) is 29.8 Å². The van der Waals surface area contributed by atoms with Gasteiger partial charge in [0.1, 0.15) is 5.78 Å². The number of hydrogen-bond acceptors (Lipinski definition) is 5. The van der Waals surface area contributed by atoms with E-state index in [-0.39, 0.29) is 22.2 Å². The number of benzene rings is 1. The zero-order valence-electron chi connectivity index (χ0n) is 10.3. The Bertz CT molecular complexity index is 513. The molecule has 0 aliphatic carbocycles. The fraction of sp³-hybridized carbons (Fsp3) is 0.308. The van der Waals surface area contributed by atoms with Gasteiger partial charge in [0.05, 0.1) is 11.0 Å². The minimum atomic E-state index is -0.330. The maximum atomic E-state index is 11.4. The predicted molar refractivity (Wildman–Crippen MR) is 76.5 cm³/mol. The Morgan fingerprint density at radius 3 is 2.53 bits per heavy atom. The van der Waals surface area contributed by atoms with E-state index in [4.69, 9.17) is 0 Å². The molecule has 0 saturated carbocycles. The number of thioether (sulfide) groups is 2. The number of carbonyl (C=O) groups is 3. The minimum Gasteiger partial charge on any atom is -0.299 e. The van der Waals surface area contributed by atoms with E-state index in [1.807, 2.05) is 24.3 Å². The van der Waals surface area contributed by atoms with Gasteiger partial charge in [0.15, 0.2) is 0 Å². The summed E-state index contributed by atoms with van der Waals surface area (Å²) in [6, 6.07) is 7.72. The highest BCUT2D eigenvalue weighted by Gasteiger charge is 2.31. The first kappa shape index (κ1) is 14.1. The fourth-order valence-corrected chi connectivity index (χ4v) is 3.21. The summed E-state index contributed by atoms with van der Waals surface area (Å²) in [7, 11) is 0. The summed E-state index contributed by atoms with van der Waals surface area (Å²) in [6.45, 7) is 1.56. The zero-order chi connectivity index (χ0) is 13.8. The third kappa shape index (κ3) is 4.11. The van der Waals surface area contributed by atoms with Crippen LogP contribution >= 0.6 is 23.5 Å². The van der Waals surface area contributed by atoms with Crippen LogP contribution in [0.25, 0.3) is 0 Å². The van der Waals surface area contributed by atoms with Crippen molar-refractivity contribution in [2.45, 2.75) is 23.5 Å². The topological polar surface area (TPSA) is 63.2 Å². The third-order valence-electron chi connectivity index (χ3n) is 2.55. The Morgan fingerprint density at radius 2 is 2.00 bits per heavy atom. The van der Waals surface area contributed by atoms with Crippen molar-refractivity contribution in [2.24, 2.45) is 0 Å². The van der Waals surface area contributed by atoms with Crippen LogP contribution in [0.2, 0.25) is 0 Å². The highest BCUT2D eigenvalue weighted by Crippen LogP contribution is 2.24. The molecule has 1 aromatic carbocycles. The van der Waals surface area contributed by atoms with Crippen LogP contribution in [0.15, 0.2) is 29.2 Å². The maximum absolute atomic E-state index is 11.4. The van der Waals surface area contributed by atoms with Crippen LogP contribution < -0.4 is 5.32 Å². The van der Waals surface area contributed by atoms with Crippen molar-refractivity contribution >= 4 is 40.5 Å². The minimum absolute atomic E-state index is 0.145.